The van der Waals surface area contributed by atoms with Crippen molar-refractivity contribution in [2.24, 2.45) is 0 Å². The molecule has 82 valence electrons. The number of phenolic OH excluding ortho intramolecular Hbond substituents is 1. The molecule has 1 heterocycles. The Kier molecular flexibility index (Phi) is 3.11. The molecule has 2 N–H and O–H groups in total. The molecule has 3 heteroatoms. The number of hydrogen-bond donors (Lipinski definition) is 2. The van der Waals surface area contributed by atoms with E-state index in [-0.39, 0.29) is 5.75 Å². The maximum absolute atomic E-state index is 9.67. The lowest BCUT2D eigenvalue weighted by atomic mass is 9.96. The third kappa shape index (κ3) is 2.07. The van der Waals surface area contributed by atoms with Gasteiger partial charge in [0.15, 0.2) is 11.5 Å². The van der Waals surface area contributed by atoms with E-state index < -0.39 is 0 Å². The van der Waals surface area contributed by atoms with Crippen LogP contribution in [0.1, 0.15) is 30.9 Å². The highest BCUT2D eigenvalue weighted by molar-refractivity contribution is 5.47. The van der Waals surface area contributed by atoms with Crippen LogP contribution in [0.15, 0.2) is 18.2 Å². The molecule has 15 heavy (non-hydrogen) atoms. The van der Waals surface area contributed by atoms with Crippen molar-refractivity contribution < 1.29 is 9.84 Å². The molecule has 0 radical (unpaired) electrons. The number of piperidine rings is 1. The van der Waals surface area contributed by atoms with Crippen molar-refractivity contribution in [1.29, 1.82) is 0 Å². The average molecular weight is 207 g/mol. The second-order valence-corrected chi connectivity index (χ2v) is 3.90. The van der Waals surface area contributed by atoms with Gasteiger partial charge < -0.3 is 15.2 Å². The Labute approximate surface area is 90.1 Å². The van der Waals surface area contributed by atoms with Gasteiger partial charge in [-0.2, -0.15) is 0 Å². The molecule has 0 saturated carbocycles. The number of phenols is 1. The molecule has 0 aliphatic carbocycles. The molecule has 2 rings (SSSR count). The first-order valence-electron chi connectivity index (χ1n) is 5.42. The normalized spacial score (nSPS) is 21.3. The van der Waals surface area contributed by atoms with Crippen LogP contribution in [-0.2, 0) is 0 Å². The Hall–Kier alpha value is -1.22. The SMILES string of the molecule is COc1c(O)cccc1C1CCCCN1. The van der Waals surface area contributed by atoms with Gasteiger partial charge in [0.1, 0.15) is 0 Å². The Bertz CT molecular complexity index is 332. The predicted molar refractivity (Wildman–Crippen MR) is 59.3 cm³/mol. The van der Waals surface area contributed by atoms with Gasteiger partial charge in [0.05, 0.1) is 7.11 Å². The number of ether oxygens (including phenoxy) is 1. The molecular weight excluding hydrogens is 190 g/mol. The molecule has 1 aliphatic rings. The van der Waals surface area contributed by atoms with Gasteiger partial charge in [-0.25, -0.2) is 0 Å². The number of rotatable bonds is 2. The third-order valence-electron chi connectivity index (χ3n) is 2.91. The molecule has 1 aliphatic heterocycles. The fraction of sp³-hybridized carbons (Fsp3) is 0.500. The quantitative estimate of drug-likeness (QED) is 0.781. The molecule has 0 amide bonds. The van der Waals surface area contributed by atoms with Crippen molar-refractivity contribution >= 4 is 0 Å². The largest absolute Gasteiger partial charge is 0.504 e. The molecule has 0 bridgehead atoms. The number of methoxy groups -OCH3 is 1. The minimum atomic E-state index is 0.224. The van der Waals surface area contributed by atoms with Crippen LogP contribution < -0.4 is 10.1 Å². The summed E-state index contributed by atoms with van der Waals surface area (Å²) in [7, 11) is 1.60. The molecule has 1 aromatic carbocycles. The van der Waals surface area contributed by atoms with E-state index in [0.717, 1.165) is 18.5 Å². The summed E-state index contributed by atoms with van der Waals surface area (Å²) in [6.07, 6.45) is 3.58. The topological polar surface area (TPSA) is 41.5 Å². The zero-order valence-corrected chi connectivity index (χ0v) is 8.99. The van der Waals surface area contributed by atoms with Crippen LogP contribution in [0.2, 0.25) is 0 Å². The smallest absolute Gasteiger partial charge is 0.165 e. The molecule has 1 aromatic rings. The van der Waals surface area contributed by atoms with Crippen molar-refractivity contribution in [2.75, 3.05) is 13.7 Å². The molecular formula is C12H17NO2. The van der Waals surface area contributed by atoms with Crippen molar-refractivity contribution in [3.8, 4) is 11.5 Å². The van der Waals surface area contributed by atoms with E-state index in [1.807, 2.05) is 12.1 Å². The van der Waals surface area contributed by atoms with Gasteiger partial charge in [-0.3, -0.25) is 0 Å². The first kappa shape index (κ1) is 10.3. The number of para-hydroxylation sites is 1. The second kappa shape index (κ2) is 4.53. The van der Waals surface area contributed by atoms with E-state index in [4.69, 9.17) is 4.74 Å². The van der Waals surface area contributed by atoms with E-state index in [9.17, 15) is 5.11 Å². The monoisotopic (exact) mass is 207 g/mol. The van der Waals surface area contributed by atoms with Crippen LogP contribution >= 0.6 is 0 Å². The van der Waals surface area contributed by atoms with E-state index in [0.29, 0.717) is 11.8 Å². The van der Waals surface area contributed by atoms with Gasteiger partial charge in [-0.15, -0.1) is 0 Å². The Morgan fingerprint density at radius 1 is 1.40 bits per heavy atom. The summed E-state index contributed by atoms with van der Waals surface area (Å²) < 4.78 is 5.24. The molecule has 0 aromatic heterocycles. The van der Waals surface area contributed by atoms with Gasteiger partial charge in [-0.05, 0) is 25.5 Å². The average Bonchev–Trinajstić information content (AvgIpc) is 2.30. The first-order valence-corrected chi connectivity index (χ1v) is 5.42. The summed E-state index contributed by atoms with van der Waals surface area (Å²) in [4.78, 5) is 0. The lowest BCUT2D eigenvalue weighted by molar-refractivity contribution is 0.349. The highest BCUT2D eigenvalue weighted by Crippen LogP contribution is 2.36. The first-order chi connectivity index (χ1) is 7.33. The Morgan fingerprint density at radius 2 is 2.27 bits per heavy atom. The molecule has 1 saturated heterocycles. The summed E-state index contributed by atoms with van der Waals surface area (Å²) in [5.74, 6) is 0.833. The van der Waals surface area contributed by atoms with E-state index >= 15 is 0 Å². The number of hydrogen-bond acceptors (Lipinski definition) is 3. The van der Waals surface area contributed by atoms with Gasteiger partial charge in [0.2, 0.25) is 0 Å². The maximum Gasteiger partial charge on any atom is 0.165 e. The standard InChI is InChI=1S/C12H17NO2/c1-15-12-9(5-4-7-11(12)14)10-6-2-3-8-13-10/h4-5,7,10,13-14H,2-3,6,8H2,1H3. The van der Waals surface area contributed by atoms with E-state index in [1.165, 1.54) is 12.8 Å². The second-order valence-electron chi connectivity index (χ2n) is 3.90. The summed E-state index contributed by atoms with van der Waals surface area (Å²) in [6, 6.07) is 5.86. The highest BCUT2D eigenvalue weighted by Gasteiger charge is 2.19. The minimum absolute atomic E-state index is 0.224. The van der Waals surface area contributed by atoms with Crippen LogP contribution in [0.25, 0.3) is 0 Å². The Balaban J connectivity index is 2.29. The molecule has 3 nitrogen and oxygen atoms in total. The Morgan fingerprint density at radius 3 is 2.93 bits per heavy atom. The predicted octanol–water partition coefficient (Wildman–Crippen LogP) is 2.22. The summed E-state index contributed by atoms with van der Waals surface area (Å²) >= 11 is 0. The van der Waals surface area contributed by atoms with Crippen LogP contribution in [0, 0.1) is 0 Å². The number of nitrogens with one attached hydrogen (secondary N) is 1. The zero-order valence-electron chi connectivity index (χ0n) is 8.99. The zero-order chi connectivity index (χ0) is 10.7. The number of aromatic hydroxyl groups is 1. The fourth-order valence-corrected chi connectivity index (χ4v) is 2.16. The lowest BCUT2D eigenvalue weighted by Crippen LogP contribution is -2.27. The maximum atomic E-state index is 9.67. The summed E-state index contributed by atoms with van der Waals surface area (Å²) in [6.45, 7) is 1.05. The minimum Gasteiger partial charge on any atom is -0.504 e. The highest BCUT2D eigenvalue weighted by atomic mass is 16.5. The van der Waals surface area contributed by atoms with Crippen LogP contribution in [0.4, 0.5) is 0 Å². The van der Waals surface area contributed by atoms with Crippen molar-refractivity contribution in [1.82, 2.24) is 5.32 Å². The molecule has 1 fully saturated rings. The van der Waals surface area contributed by atoms with Crippen molar-refractivity contribution in [3.05, 3.63) is 23.8 Å². The molecule has 1 atom stereocenters. The summed E-state index contributed by atoms with van der Waals surface area (Å²) in [5.41, 5.74) is 1.07. The van der Waals surface area contributed by atoms with Crippen molar-refractivity contribution in [2.45, 2.75) is 25.3 Å². The van der Waals surface area contributed by atoms with Crippen LogP contribution in [0.3, 0.4) is 0 Å². The third-order valence-corrected chi connectivity index (χ3v) is 2.91. The van der Waals surface area contributed by atoms with Crippen LogP contribution in [-0.4, -0.2) is 18.8 Å². The molecule has 1 unspecified atom stereocenters. The van der Waals surface area contributed by atoms with Gasteiger partial charge >= 0.3 is 0 Å². The van der Waals surface area contributed by atoms with Crippen molar-refractivity contribution in [3.63, 3.8) is 0 Å². The lowest BCUT2D eigenvalue weighted by Gasteiger charge is -2.25. The summed E-state index contributed by atoms with van der Waals surface area (Å²) in [5, 5.41) is 13.1. The number of benzene rings is 1. The van der Waals surface area contributed by atoms with Gasteiger partial charge in [0.25, 0.3) is 0 Å². The van der Waals surface area contributed by atoms with Crippen LogP contribution in [0.5, 0.6) is 11.5 Å². The van der Waals surface area contributed by atoms with Gasteiger partial charge in [-0.1, -0.05) is 18.6 Å². The fourth-order valence-electron chi connectivity index (χ4n) is 2.16. The van der Waals surface area contributed by atoms with E-state index in [2.05, 4.69) is 5.32 Å². The van der Waals surface area contributed by atoms with Gasteiger partial charge in [0, 0.05) is 11.6 Å². The molecule has 0 spiro atoms. The van der Waals surface area contributed by atoms with E-state index in [1.54, 1.807) is 13.2 Å².